The quantitative estimate of drug-likeness (QED) is 0.478. The summed E-state index contributed by atoms with van der Waals surface area (Å²) in [5.41, 5.74) is 1.66. The van der Waals surface area contributed by atoms with Gasteiger partial charge in [0.1, 0.15) is 0 Å². The molecule has 1 N–H and O–H groups in total. The van der Waals surface area contributed by atoms with Gasteiger partial charge >= 0.3 is 0 Å². The lowest BCUT2D eigenvalue weighted by Gasteiger charge is -1.96. The minimum absolute atomic E-state index is 0.0351. The van der Waals surface area contributed by atoms with E-state index in [1.165, 1.54) is 13.0 Å². The van der Waals surface area contributed by atoms with Gasteiger partial charge in [0.25, 0.3) is 5.69 Å². The largest absolute Gasteiger partial charge is 0.358 e. The summed E-state index contributed by atoms with van der Waals surface area (Å²) in [5.74, 6) is -0.168. The maximum absolute atomic E-state index is 11.5. The molecule has 0 unspecified atom stereocenters. The van der Waals surface area contributed by atoms with Crippen LogP contribution >= 0.6 is 0 Å². The van der Waals surface area contributed by atoms with E-state index in [1.807, 2.05) is 0 Å². The molecule has 1 aromatic carbocycles. The molecule has 2 rings (SSSR count). The molecule has 5 heteroatoms. The Morgan fingerprint density at radius 3 is 2.69 bits per heavy atom. The summed E-state index contributed by atoms with van der Waals surface area (Å²) in [5, 5.41) is 11.3. The number of carbonyl (C=O) groups excluding carboxylic acids is 1. The summed E-state index contributed by atoms with van der Waals surface area (Å²) >= 11 is 0. The van der Waals surface area contributed by atoms with Gasteiger partial charge in [0.2, 0.25) is 0 Å². The molecular formula is C11H10N2O3. The molecule has 2 aromatic rings. The average molecular weight is 218 g/mol. The molecule has 0 saturated carbocycles. The number of fused-ring (bicyclic) bond motifs is 1. The van der Waals surface area contributed by atoms with E-state index in [4.69, 9.17) is 0 Å². The van der Waals surface area contributed by atoms with Crippen molar-refractivity contribution in [2.45, 2.75) is 13.8 Å². The minimum Gasteiger partial charge on any atom is -0.358 e. The Kier molecular flexibility index (Phi) is 2.23. The first-order valence-electron chi connectivity index (χ1n) is 4.79. The lowest BCUT2D eigenvalue weighted by molar-refractivity contribution is -0.383. The second-order valence-electron chi connectivity index (χ2n) is 3.64. The highest BCUT2D eigenvalue weighted by Gasteiger charge is 2.21. The van der Waals surface area contributed by atoms with E-state index in [0.29, 0.717) is 22.2 Å². The smallest absolute Gasteiger partial charge is 0.279 e. The summed E-state index contributed by atoms with van der Waals surface area (Å²) in [6.45, 7) is 3.15. The van der Waals surface area contributed by atoms with Crippen LogP contribution in [0.4, 0.5) is 5.69 Å². The first-order chi connectivity index (χ1) is 7.52. The van der Waals surface area contributed by atoms with E-state index in [0.717, 1.165) is 0 Å². The van der Waals surface area contributed by atoms with E-state index >= 15 is 0 Å². The van der Waals surface area contributed by atoms with E-state index in [-0.39, 0.29) is 11.5 Å². The monoisotopic (exact) mass is 218 g/mol. The normalized spacial score (nSPS) is 10.6. The van der Waals surface area contributed by atoms with Crippen LogP contribution in [-0.2, 0) is 0 Å². The fourth-order valence-electron chi connectivity index (χ4n) is 1.95. The zero-order valence-corrected chi connectivity index (χ0v) is 8.90. The molecule has 0 fully saturated rings. The third kappa shape index (κ3) is 1.37. The molecule has 0 amide bonds. The van der Waals surface area contributed by atoms with Gasteiger partial charge in [-0.25, -0.2) is 0 Å². The molecule has 0 saturated heterocycles. The van der Waals surface area contributed by atoms with Crippen molar-refractivity contribution in [3.63, 3.8) is 0 Å². The third-order valence-corrected chi connectivity index (χ3v) is 2.54. The van der Waals surface area contributed by atoms with Crippen molar-refractivity contribution in [2.75, 3.05) is 0 Å². The van der Waals surface area contributed by atoms with E-state index in [2.05, 4.69) is 4.98 Å². The van der Waals surface area contributed by atoms with E-state index in [9.17, 15) is 14.9 Å². The van der Waals surface area contributed by atoms with Gasteiger partial charge < -0.3 is 4.98 Å². The number of nitrogens with one attached hydrogen (secondary N) is 1. The average Bonchev–Trinajstić information content (AvgIpc) is 2.52. The number of rotatable bonds is 2. The highest BCUT2D eigenvalue weighted by Crippen LogP contribution is 2.30. The number of aryl methyl sites for hydroxylation is 1. The fraction of sp³-hybridized carbons (Fsp3) is 0.182. The maximum atomic E-state index is 11.5. The number of aromatic nitrogens is 1. The van der Waals surface area contributed by atoms with Crippen molar-refractivity contribution >= 4 is 22.4 Å². The van der Waals surface area contributed by atoms with Gasteiger partial charge in [-0.1, -0.05) is 6.07 Å². The van der Waals surface area contributed by atoms with E-state index < -0.39 is 4.92 Å². The molecular weight excluding hydrogens is 208 g/mol. The van der Waals surface area contributed by atoms with Crippen LogP contribution in [0.15, 0.2) is 18.2 Å². The lowest BCUT2D eigenvalue weighted by atomic mass is 10.1. The van der Waals surface area contributed by atoms with Crippen molar-refractivity contribution in [2.24, 2.45) is 0 Å². The van der Waals surface area contributed by atoms with Crippen LogP contribution in [0.2, 0.25) is 0 Å². The predicted octanol–water partition coefficient (Wildman–Crippen LogP) is 2.59. The molecule has 16 heavy (non-hydrogen) atoms. The predicted molar refractivity (Wildman–Crippen MR) is 59.7 cm³/mol. The Morgan fingerprint density at radius 1 is 1.44 bits per heavy atom. The molecule has 0 radical (unpaired) electrons. The van der Waals surface area contributed by atoms with Crippen LogP contribution < -0.4 is 0 Å². The fourth-order valence-corrected chi connectivity index (χ4v) is 1.95. The molecule has 1 aromatic heterocycles. The third-order valence-electron chi connectivity index (χ3n) is 2.54. The Bertz CT molecular complexity index is 599. The summed E-state index contributed by atoms with van der Waals surface area (Å²) < 4.78 is 0. The van der Waals surface area contributed by atoms with Gasteiger partial charge in [0.15, 0.2) is 5.78 Å². The minimum atomic E-state index is -0.470. The number of non-ortho nitro benzene ring substituents is 1. The summed E-state index contributed by atoms with van der Waals surface area (Å²) in [4.78, 5) is 24.9. The Balaban J connectivity index is 2.94. The Hall–Kier alpha value is -2.17. The van der Waals surface area contributed by atoms with Crippen LogP contribution in [-0.4, -0.2) is 15.7 Å². The summed E-state index contributed by atoms with van der Waals surface area (Å²) in [6.07, 6.45) is 0. The second-order valence-corrected chi connectivity index (χ2v) is 3.64. The molecule has 0 atom stereocenters. The molecule has 0 bridgehead atoms. The lowest BCUT2D eigenvalue weighted by Crippen LogP contribution is -1.96. The van der Waals surface area contributed by atoms with E-state index in [1.54, 1.807) is 19.1 Å². The van der Waals surface area contributed by atoms with Gasteiger partial charge in [0.05, 0.1) is 21.4 Å². The molecule has 82 valence electrons. The molecule has 0 aliphatic rings. The van der Waals surface area contributed by atoms with Crippen LogP contribution in [0.1, 0.15) is 23.0 Å². The van der Waals surface area contributed by atoms with Gasteiger partial charge in [-0.15, -0.1) is 0 Å². The number of nitro benzene ring substituents is 1. The van der Waals surface area contributed by atoms with Crippen molar-refractivity contribution in [3.8, 4) is 0 Å². The number of H-pyrrole nitrogens is 1. The number of nitro groups is 1. The highest BCUT2D eigenvalue weighted by atomic mass is 16.6. The van der Waals surface area contributed by atoms with Crippen LogP contribution in [0.3, 0.4) is 0 Å². The maximum Gasteiger partial charge on any atom is 0.279 e. The zero-order chi connectivity index (χ0) is 11.9. The van der Waals surface area contributed by atoms with Crippen molar-refractivity contribution in [1.29, 1.82) is 0 Å². The number of ketones is 1. The number of benzene rings is 1. The standard InChI is InChI=1S/C11H10N2O3/c1-6-10(7(2)14)11-8(12-6)4-3-5-9(11)13(15)16/h3-5,12H,1-2H3. The van der Waals surface area contributed by atoms with Crippen LogP contribution in [0.25, 0.3) is 10.9 Å². The summed E-state index contributed by atoms with van der Waals surface area (Å²) in [6, 6.07) is 4.73. The second kappa shape index (κ2) is 3.44. The number of nitrogens with zero attached hydrogens (tertiary/aromatic N) is 1. The first-order valence-corrected chi connectivity index (χ1v) is 4.79. The van der Waals surface area contributed by atoms with Gasteiger partial charge in [0, 0.05) is 11.8 Å². The molecule has 0 spiro atoms. The molecule has 0 aliphatic heterocycles. The SMILES string of the molecule is CC(=O)c1c(C)[nH]c2cccc([N+](=O)[O-])c12. The van der Waals surface area contributed by atoms with Gasteiger partial charge in [-0.3, -0.25) is 14.9 Å². The van der Waals surface area contributed by atoms with Crippen molar-refractivity contribution in [3.05, 3.63) is 39.6 Å². The Labute approximate surface area is 91.2 Å². The van der Waals surface area contributed by atoms with Crippen molar-refractivity contribution < 1.29 is 9.72 Å². The van der Waals surface area contributed by atoms with Crippen molar-refractivity contribution in [1.82, 2.24) is 4.98 Å². The van der Waals surface area contributed by atoms with Gasteiger partial charge in [-0.05, 0) is 19.9 Å². The molecule has 1 heterocycles. The number of hydrogen-bond donors (Lipinski definition) is 1. The number of Topliss-reactive ketones (excluding diaryl/α,β-unsaturated/α-hetero) is 1. The van der Waals surface area contributed by atoms with Crippen LogP contribution in [0, 0.1) is 17.0 Å². The highest BCUT2D eigenvalue weighted by molar-refractivity contribution is 6.11. The zero-order valence-electron chi connectivity index (χ0n) is 8.90. The molecule has 0 aliphatic carbocycles. The number of hydrogen-bond acceptors (Lipinski definition) is 3. The Morgan fingerprint density at radius 2 is 2.12 bits per heavy atom. The topological polar surface area (TPSA) is 76.0 Å². The number of aromatic amines is 1. The van der Waals surface area contributed by atoms with Gasteiger partial charge in [-0.2, -0.15) is 0 Å². The molecule has 5 nitrogen and oxygen atoms in total. The summed E-state index contributed by atoms with van der Waals surface area (Å²) in [7, 11) is 0. The number of carbonyl (C=O) groups is 1. The first kappa shape index (κ1) is 10.4. The van der Waals surface area contributed by atoms with Crippen LogP contribution in [0.5, 0.6) is 0 Å².